The molecular formula is C18H19FN2O3S. The van der Waals surface area contributed by atoms with Crippen molar-refractivity contribution in [2.24, 2.45) is 0 Å². The summed E-state index contributed by atoms with van der Waals surface area (Å²) >= 11 is 0. The second-order valence-corrected chi connectivity index (χ2v) is 7.88. The molecule has 0 aliphatic heterocycles. The largest absolute Gasteiger partial charge is 0.353 e. The van der Waals surface area contributed by atoms with Gasteiger partial charge in [-0.3, -0.25) is 9.52 Å². The summed E-state index contributed by atoms with van der Waals surface area (Å²) in [6.07, 6.45) is 2.34. The molecule has 5 nitrogen and oxygen atoms in total. The summed E-state index contributed by atoms with van der Waals surface area (Å²) in [6.45, 7) is 1.54. The van der Waals surface area contributed by atoms with Crippen molar-refractivity contribution in [2.45, 2.75) is 37.1 Å². The fraction of sp³-hybridized carbons (Fsp3) is 0.278. The van der Waals surface area contributed by atoms with Gasteiger partial charge in [0.15, 0.2) is 0 Å². The summed E-state index contributed by atoms with van der Waals surface area (Å²) in [5.41, 5.74) is 1.52. The van der Waals surface area contributed by atoms with Crippen molar-refractivity contribution in [3.63, 3.8) is 0 Å². The number of nitrogens with one attached hydrogen (secondary N) is 2. The first-order chi connectivity index (χ1) is 11.8. The first kappa shape index (κ1) is 17.4. The van der Waals surface area contributed by atoms with E-state index in [1.165, 1.54) is 12.1 Å². The molecule has 0 saturated heterocycles. The topological polar surface area (TPSA) is 75.3 Å². The number of hydrogen-bond acceptors (Lipinski definition) is 3. The van der Waals surface area contributed by atoms with Gasteiger partial charge < -0.3 is 5.32 Å². The molecule has 0 atom stereocenters. The lowest BCUT2D eigenvalue weighted by atomic mass is 10.1. The number of carbonyl (C=O) groups excluding carboxylic acids is 1. The number of anilines is 1. The number of benzene rings is 2. The van der Waals surface area contributed by atoms with Crippen LogP contribution in [-0.2, 0) is 21.2 Å². The predicted octanol–water partition coefficient (Wildman–Crippen LogP) is 2.76. The van der Waals surface area contributed by atoms with E-state index in [-0.39, 0.29) is 17.2 Å². The van der Waals surface area contributed by atoms with E-state index in [0.717, 1.165) is 24.5 Å². The Morgan fingerprint density at radius 3 is 2.44 bits per heavy atom. The standard InChI is InChI=1S/C18H19FN2O3S/c1-12-10-14(19)4-9-17(12)25(23,24)21-16-5-2-13(3-6-16)11-18(22)20-15-7-8-15/h2-6,9-10,15,21H,7-8,11H2,1H3,(H,20,22). The maximum absolute atomic E-state index is 13.1. The molecule has 1 saturated carbocycles. The summed E-state index contributed by atoms with van der Waals surface area (Å²) < 4.78 is 40.5. The molecule has 25 heavy (non-hydrogen) atoms. The molecule has 1 amide bonds. The number of aryl methyl sites for hydroxylation is 1. The fourth-order valence-corrected chi connectivity index (χ4v) is 3.79. The molecule has 0 bridgehead atoms. The Hall–Kier alpha value is -2.41. The van der Waals surface area contributed by atoms with E-state index in [1.54, 1.807) is 31.2 Å². The van der Waals surface area contributed by atoms with Crippen molar-refractivity contribution in [1.29, 1.82) is 0 Å². The first-order valence-electron chi connectivity index (χ1n) is 8.01. The molecule has 0 unspecified atom stereocenters. The zero-order chi connectivity index (χ0) is 18.0. The van der Waals surface area contributed by atoms with E-state index in [1.807, 2.05) is 0 Å². The van der Waals surface area contributed by atoms with Crippen LogP contribution in [0.15, 0.2) is 47.4 Å². The van der Waals surface area contributed by atoms with E-state index in [0.29, 0.717) is 17.3 Å². The van der Waals surface area contributed by atoms with Crippen LogP contribution >= 0.6 is 0 Å². The number of carbonyl (C=O) groups is 1. The van der Waals surface area contributed by atoms with Crippen molar-refractivity contribution < 1.29 is 17.6 Å². The molecular weight excluding hydrogens is 343 g/mol. The third-order valence-corrected chi connectivity index (χ3v) is 5.48. The molecule has 1 fully saturated rings. The predicted molar refractivity (Wildman–Crippen MR) is 93.3 cm³/mol. The summed E-state index contributed by atoms with van der Waals surface area (Å²) in [5.74, 6) is -0.511. The smallest absolute Gasteiger partial charge is 0.262 e. The molecule has 0 radical (unpaired) electrons. The van der Waals surface area contributed by atoms with Crippen LogP contribution in [-0.4, -0.2) is 20.4 Å². The lowest BCUT2D eigenvalue weighted by molar-refractivity contribution is -0.120. The van der Waals surface area contributed by atoms with Gasteiger partial charge in [0.05, 0.1) is 11.3 Å². The molecule has 2 aromatic rings. The second kappa shape index (κ2) is 6.84. The Kier molecular flexibility index (Phi) is 4.76. The third-order valence-electron chi connectivity index (χ3n) is 3.94. The first-order valence-corrected chi connectivity index (χ1v) is 9.49. The van der Waals surface area contributed by atoms with Gasteiger partial charge in [0.25, 0.3) is 10.0 Å². The molecule has 1 aliphatic rings. The van der Waals surface area contributed by atoms with Crippen LogP contribution in [0.1, 0.15) is 24.0 Å². The minimum atomic E-state index is -3.80. The van der Waals surface area contributed by atoms with Gasteiger partial charge in [-0.05, 0) is 61.2 Å². The van der Waals surface area contributed by atoms with Crippen molar-refractivity contribution in [1.82, 2.24) is 5.32 Å². The number of hydrogen-bond donors (Lipinski definition) is 2. The quantitative estimate of drug-likeness (QED) is 0.830. The normalized spacial score (nSPS) is 14.2. The zero-order valence-corrected chi connectivity index (χ0v) is 14.6. The highest BCUT2D eigenvalue weighted by Gasteiger charge is 2.23. The lowest BCUT2D eigenvalue weighted by Gasteiger charge is -2.11. The number of halogens is 1. The van der Waals surface area contributed by atoms with Gasteiger partial charge in [-0.15, -0.1) is 0 Å². The highest BCUT2D eigenvalue weighted by molar-refractivity contribution is 7.92. The Bertz CT molecular complexity index is 891. The van der Waals surface area contributed by atoms with E-state index in [2.05, 4.69) is 10.0 Å². The van der Waals surface area contributed by atoms with Crippen molar-refractivity contribution in [2.75, 3.05) is 4.72 Å². The molecule has 3 rings (SSSR count). The summed E-state index contributed by atoms with van der Waals surface area (Å²) in [6, 6.07) is 10.5. The van der Waals surface area contributed by atoms with Crippen LogP contribution in [0, 0.1) is 12.7 Å². The summed E-state index contributed by atoms with van der Waals surface area (Å²) in [7, 11) is -3.80. The Labute approximate surface area is 146 Å². The van der Waals surface area contributed by atoms with Crippen LogP contribution in [0.25, 0.3) is 0 Å². The second-order valence-electron chi connectivity index (χ2n) is 6.23. The maximum Gasteiger partial charge on any atom is 0.262 e. The van der Waals surface area contributed by atoms with Crippen LogP contribution in [0.5, 0.6) is 0 Å². The van der Waals surface area contributed by atoms with Gasteiger partial charge in [-0.25, -0.2) is 12.8 Å². The maximum atomic E-state index is 13.1. The van der Waals surface area contributed by atoms with Crippen LogP contribution < -0.4 is 10.0 Å². The van der Waals surface area contributed by atoms with Crippen molar-refractivity contribution in [3.05, 3.63) is 59.4 Å². The van der Waals surface area contributed by atoms with Gasteiger partial charge in [0.1, 0.15) is 5.82 Å². The summed E-state index contributed by atoms with van der Waals surface area (Å²) in [4.78, 5) is 11.8. The average Bonchev–Trinajstić information content (AvgIpc) is 3.32. The van der Waals surface area contributed by atoms with Crippen molar-refractivity contribution in [3.8, 4) is 0 Å². The molecule has 2 aromatic carbocycles. The zero-order valence-electron chi connectivity index (χ0n) is 13.8. The van der Waals surface area contributed by atoms with Gasteiger partial charge in [0, 0.05) is 11.7 Å². The monoisotopic (exact) mass is 362 g/mol. The number of sulfonamides is 1. The van der Waals surface area contributed by atoms with Gasteiger partial charge >= 0.3 is 0 Å². The van der Waals surface area contributed by atoms with E-state index in [4.69, 9.17) is 0 Å². The molecule has 132 valence electrons. The van der Waals surface area contributed by atoms with Crippen LogP contribution in [0.2, 0.25) is 0 Å². The van der Waals surface area contributed by atoms with Crippen molar-refractivity contribution >= 4 is 21.6 Å². The minimum Gasteiger partial charge on any atom is -0.353 e. The number of amides is 1. The molecule has 1 aliphatic carbocycles. The SMILES string of the molecule is Cc1cc(F)ccc1S(=O)(=O)Nc1ccc(CC(=O)NC2CC2)cc1. The molecule has 0 spiro atoms. The van der Waals surface area contributed by atoms with Gasteiger partial charge in [-0.2, -0.15) is 0 Å². The molecule has 7 heteroatoms. The minimum absolute atomic E-state index is 0.0294. The average molecular weight is 362 g/mol. The number of rotatable bonds is 6. The van der Waals surface area contributed by atoms with Gasteiger partial charge in [-0.1, -0.05) is 12.1 Å². The molecule has 2 N–H and O–H groups in total. The highest BCUT2D eigenvalue weighted by Crippen LogP contribution is 2.21. The van der Waals surface area contributed by atoms with Crippen LogP contribution in [0.3, 0.4) is 0 Å². The Morgan fingerprint density at radius 1 is 1.16 bits per heavy atom. The Morgan fingerprint density at radius 2 is 1.84 bits per heavy atom. The van der Waals surface area contributed by atoms with E-state index in [9.17, 15) is 17.6 Å². The van der Waals surface area contributed by atoms with Gasteiger partial charge in [0.2, 0.25) is 5.91 Å². The van der Waals surface area contributed by atoms with Crippen LogP contribution in [0.4, 0.5) is 10.1 Å². The fourth-order valence-electron chi connectivity index (χ4n) is 2.51. The molecule has 0 aromatic heterocycles. The molecule has 0 heterocycles. The lowest BCUT2D eigenvalue weighted by Crippen LogP contribution is -2.26. The van der Waals surface area contributed by atoms with E-state index < -0.39 is 15.8 Å². The van der Waals surface area contributed by atoms with E-state index >= 15 is 0 Å². The highest BCUT2D eigenvalue weighted by atomic mass is 32.2. The third kappa shape index (κ3) is 4.57. The summed E-state index contributed by atoms with van der Waals surface area (Å²) in [5, 5.41) is 2.91. The Balaban J connectivity index is 1.68.